The Morgan fingerprint density at radius 1 is 0.853 bits per heavy atom. The summed E-state index contributed by atoms with van der Waals surface area (Å²) in [6, 6.07) is 20.0. The van der Waals surface area contributed by atoms with Crippen LogP contribution in [0, 0.1) is 5.82 Å². The number of rotatable bonds is 9. The number of benzene rings is 3. The lowest BCUT2D eigenvalue weighted by Crippen LogP contribution is -2.28. The molecule has 174 valence electrons. The van der Waals surface area contributed by atoms with E-state index in [-0.39, 0.29) is 42.7 Å². The van der Waals surface area contributed by atoms with Crippen LogP contribution in [-0.2, 0) is 11.3 Å². The zero-order valence-electron chi connectivity index (χ0n) is 18.4. The molecule has 0 bridgehead atoms. The molecule has 1 saturated carbocycles. The van der Waals surface area contributed by atoms with Crippen molar-refractivity contribution in [3.8, 4) is 0 Å². The summed E-state index contributed by atoms with van der Waals surface area (Å²) in [5, 5.41) is 11.4. The molecule has 3 aromatic rings. The van der Waals surface area contributed by atoms with Crippen molar-refractivity contribution in [2.75, 3.05) is 17.2 Å². The fraction of sp³-hybridized carbons (Fsp3) is 0.192. The van der Waals surface area contributed by atoms with Crippen LogP contribution < -0.4 is 21.3 Å². The van der Waals surface area contributed by atoms with Crippen LogP contribution in [0.25, 0.3) is 0 Å². The van der Waals surface area contributed by atoms with Crippen molar-refractivity contribution in [1.82, 2.24) is 10.6 Å². The maximum absolute atomic E-state index is 13.7. The highest BCUT2D eigenvalue weighted by atomic mass is 19.1. The number of halogens is 1. The lowest BCUT2D eigenvalue weighted by molar-refractivity contribution is -0.114. The van der Waals surface area contributed by atoms with Gasteiger partial charge in [0.2, 0.25) is 5.91 Å². The van der Waals surface area contributed by atoms with Crippen molar-refractivity contribution < 1.29 is 18.8 Å². The molecule has 8 heteroatoms. The van der Waals surface area contributed by atoms with Gasteiger partial charge in [-0.1, -0.05) is 30.3 Å². The van der Waals surface area contributed by atoms with E-state index in [1.807, 2.05) is 0 Å². The third-order valence-electron chi connectivity index (χ3n) is 5.36. The number of amides is 3. The molecule has 0 unspecified atom stereocenters. The molecule has 0 aromatic heterocycles. The van der Waals surface area contributed by atoms with Crippen LogP contribution >= 0.6 is 0 Å². The van der Waals surface area contributed by atoms with E-state index in [1.165, 1.54) is 6.07 Å². The van der Waals surface area contributed by atoms with Gasteiger partial charge in [-0.05, 0) is 55.3 Å². The molecular formula is C26H25FN4O3. The Bertz CT molecular complexity index is 1190. The highest BCUT2D eigenvalue weighted by Crippen LogP contribution is 2.21. The zero-order chi connectivity index (χ0) is 23.9. The second-order valence-electron chi connectivity index (χ2n) is 8.05. The van der Waals surface area contributed by atoms with Crippen LogP contribution in [0.5, 0.6) is 0 Å². The summed E-state index contributed by atoms with van der Waals surface area (Å²) in [4.78, 5) is 37.1. The van der Waals surface area contributed by atoms with Crippen LogP contribution in [0.2, 0.25) is 0 Å². The molecule has 0 aliphatic heterocycles. The van der Waals surface area contributed by atoms with E-state index in [4.69, 9.17) is 0 Å². The molecule has 3 aromatic carbocycles. The molecule has 4 N–H and O–H groups in total. The van der Waals surface area contributed by atoms with E-state index in [0.717, 1.165) is 12.8 Å². The maximum Gasteiger partial charge on any atom is 0.253 e. The Labute approximate surface area is 196 Å². The number of carbonyl (C=O) groups is 3. The minimum atomic E-state index is -0.369. The van der Waals surface area contributed by atoms with Gasteiger partial charge >= 0.3 is 0 Å². The Morgan fingerprint density at radius 2 is 1.56 bits per heavy atom. The van der Waals surface area contributed by atoms with E-state index in [2.05, 4.69) is 21.3 Å². The maximum atomic E-state index is 13.7. The average molecular weight is 461 g/mol. The molecule has 0 heterocycles. The third kappa shape index (κ3) is 6.19. The Kier molecular flexibility index (Phi) is 7.17. The van der Waals surface area contributed by atoms with Crippen LogP contribution in [-0.4, -0.2) is 30.3 Å². The van der Waals surface area contributed by atoms with Gasteiger partial charge in [0.1, 0.15) is 5.82 Å². The van der Waals surface area contributed by atoms with Gasteiger partial charge in [-0.2, -0.15) is 0 Å². The van der Waals surface area contributed by atoms with Crippen molar-refractivity contribution in [2.45, 2.75) is 25.4 Å². The lowest BCUT2D eigenvalue weighted by atomic mass is 10.1. The number of anilines is 2. The Hall–Kier alpha value is -4.20. The van der Waals surface area contributed by atoms with Gasteiger partial charge in [-0.25, -0.2) is 4.39 Å². The summed E-state index contributed by atoms with van der Waals surface area (Å²) in [6.45, 7) is 0.0727. The highest BCUT2D eigenvalue weighted by molar-refractivity contribution is 6.04. The largest absolute Gasteiger partial charge is 0.376 e. The molecule has 1 fully saturated rings. The molecular weight excluding hydrogens is 435 g/mol. The Morgan fingerprint density at radius 3 is 2.29 bits per heavy atom. The first-order chi connectivity index (χ1) is 16.5. The number of hydrogen-bond acceptors (Lipinski definition) is 4. The first kappa shape index (κ1) is 23.0. The van der Waals surface area contributed by atoms with E-state index in [1.54, 1.807) is 66.7 Å². The number of hydrogen-bond donors (Lipinski definition) is 4. The summed E-state index contributed by atoms with van der Waals surface area (Å²) in [7, 11) is 0. The summed E-state index contributed by atoms with van der Waals surface area (Å²) in [6.07, 6.45) is 1.96. The molecule has 1 aliphatic rings. The number of nitrogens with one attached hydrogen (secondary N) is 4. The molecule has 0 spiro atoms. The fourth-order valence-corrected chi connectivity index (χ4v) is 3.32. The smallest absolute Gasteiger partial charge is 0.253 e. The average Bonchev–Trinajstić information content (AvgIpc) is 3.66. The predicted molar refractivity (Wildman–Crippen MR) is 128 cm³/mol. The number of carbonyl (C=O) groups excluding carboxylic acids is 3. The summed E-state index contributed by atoms with van der Waals surface area (Å²) < 4.78 is 13.7. The van der Waals surface area contributed by atoms with Crippen molar-refractivity contribution in [2.24, 2.45) is 0 Å². The molecule has 0 atom stereocenters. The van der Waals surface area contributed by atoms with Crippen LogP contribution in [0.4, 0.5) is 15.8 Å². The van der Waals surface area contributed by atoms with Crippen LogP contribution in [0.1, 0.15) is 39.1 Å². The minimum Gasteiger partial charge on any atom is -0.376 e. The SMILES string of the molecule is O=C(CNc1ccc(C(=O)NCc2ccccc2F)cc1)Nc1ccccc1C(=O)NC1CC1. The standard InChI is InChI=1S/C26H25FN4O3/c27-22-7-3-1-5-18(22)15-29-25(33)17-9-11-19(12-10-17)28-16-24(32)31-23-8-4-2-6-21(23)26(34)30-20-13-14-20/h1-12,20,28H,13-16H2,(H,29,33)(H,30,34)(H,31,32). The molecule has 7 nitrogen and oxygen atoms in total. The van der Waals surface area contributed by atoms with Crippen molar-refractivity contribution >= 4 is 29.1 Å². The van der Waals surface area contributed by atoms with Crippen molar-refractivity contribution in [1.29, 1.82) is 0 Å². The first-order valence-corrected chi connectivity index (χ1v) is 11.0. The number of para-hydroxylation sites is 1. The van der Waals surface area contributed by atoms with Crippen LogP contribution in [0.15, 0.2) is 72.8 Å². The van der Waals surface area contributed by atoms with Gasteiger partial charge in [-0.15, -0.1) is 0 Å². The van der Waals surface area contributed by atoms with E-state index < -0.39 is 0 Å². The van der Waals surface area contributed by atoms with Gasteiger partial charge in [0.05, 0.1) is 17.8 Å². The quantitative estimate of drug-likeness (QED) is 0.391. The van der Waals surface area contributed by atoms with E-state index in [0.29, 0.717) is 28.1 Å². The summed E-state index contributed by atoms with van der Waals surface area (Å²) in [5.41, 5.74) is 2.36. The molecule has 34 heavy (non-hydrogen) atoms. The molecule has 4 rings (SSSR count). The van der Waals surface area contributed by atoms with E-state index >= 15 is 0 Å². The highest BCUT2D eigenvalue weighted by Gasteiger charge is 2.25. The van der Waals surface area contributed by atoms with Gasteiger partial charge in [0.15, 0.2) is 0 Å². The van der Waals surface area contributed by atoms with Crippen LogP contribution in [0.3, 0.4) is 0 Å². The normalized spacial score (nSPS) is 12.5. The van der Waals surface area contributed by atoms with Crippen molar-refractivity contribution in [3.63, 3.8) is 0 Å². The van der Waals surface area contributed by atoms with Gasteiger partial charge in [0.25, 0.3) is 11.8 Å². The molecule has 3 amide bonds. The molecule has 0 saturated heterocycles. The van der Waals surface area contributed by atoms with Gasteiger partial charge in [-0.3, -0.25) is 14.4 Å². The third-order valence-corrected chi connectivity index (χ3v) is 5.36. The molecule has 0 radical (unpaired) electrons. The molecule has 1 aliphatic carbocycles. The first-order valence-electron chi connectivity index (χ1n) is 11.0. The van der Waals surface area contributed by atoms with Crippen molar-refractivity contribution in [3.05, 3.63) is 95.3 Å². The monoisotopic (exact) mass is 460 g/mol. The topological polar surface area (TPSA) is 99.3 Å². The second-order valence-corrected chi connectivity index (χ2v) is 8.05. The summed E-state index contributed by atoms with van der Waals surface area (Å²) >= 11 is 0. The Balaban J connectivity index is 1.27. The van der Waals surface area contributed by atoms with E-state index in [9.17, 15) is 18.8 Å². The zero-order valence-corrected chi connectivity index (χ0v) is 18.4. The van der Waals surface area contributed by atoms with Gasteiger partial charge < -0.3 is 21.3 Å². The minimum absolute atomic E-state index is 0.0165. The fourth-order valence-electron chi connectivity index (χ4n) is 3.32. The lowest BCUT2D eigenvalue weighted by Gasteiger charge is -2.12. The summed E-state index contributed by atoms with van der Waals surface area (Å²) in [5.74, 6) is -1.20. The predicted octanol–water partition coefficient (Wildman–Crippen LogP) is 3.70. The van der Waals surface area contributed by atoms with Gasteiger partial charge in [0, 0.05) is 29.4 Å². The second kappa shape index (κ2) is 10.6.